The van der Waals surface area contributed by atoms with Gasteiger partial charge in [-0.25, -0.2) is 0 Å². The van der Waals surface area contributed by atoms with E-state index in [1.54, 1.807) is 24.3 Å². The molecule has 0 aromatic heterocycles. The van der Waals surface area contributed by atoms with Crippen molar-refractivity contribution in [2.45, 2.75) is 4.90 Å². The molecule has 2 aromatic carbocycles. The van der Waals surface area contributed by atoms with Gasteiger partial charge in [-0.3, -0.25) is 0 Å². The summed E-state index contributed by atoms with van der Waals surface area (Å²) in [5.74, 6) is 0.338. The molecule has 0 unspecified atom stereocenters. The molecule has 3 N–H and O–H groups in total. The van der Waals surface area contributed by atoms with E-state index in [4.69, 9.17) is 0 Å². The number of hydrogen-bond acceptors (Lipinski definition) is 5. The van der Waals surface area contributed by atoms with Crippen LogP contribution in [0, 0.1) is 0 Å². The van der Waals surface area contributed by atoms with Crippen LogP contribution >= 0.6 is 0 Å². The summed E-state index contributed by atoms with van der Waals surface area (Å²) in [6.07, 6.45) is 0. The Labute approximate surface area is 122 Å². The Morgan fingerprint density at radius 2 is 1.81 bits per heavy atom. The number of nitrogens with one attached hydrogen (secondary N) is 2. The third-order valence-corrected chi connectivity index (χ3v) is 3.42. The summed E-state index contributed by atoms with van der Waals surface area (Å²) in [5.41, 5.74) is 0.783. The van der Waals surface area contributed by atoms with Crippen molar-refractivity contribution in [3.8, 4) is 5.75 Å². The monoisotopic (exact) mass is 308 g/mol. The average molecular weight is 308 g/mol. The Morgan fingerprint density at radius 1 is 1.10 bits per heavy atom. The smallest absolute Gasteiger partial charge is 0.332 e. The second-order valence-corrected chi connectivity index (χ2v) is 5.56. The van der Waals surface area contributed by atoms with E-state index in [0.29, 0.717) is 17.2 Å². The maximum Gasteiger partial charge on any atom is 0.332 e. The molecule has 0 aliphatic carbocycles. The molecule has 0 aliphatic rings. The summed E-state index contributed by atoms with van der Waals surface area (Å²) in [6, 6.07) is 11.8. The number of aromatic hydroxyl groups is 1. The minimum Gasteiger partial charge on any atom is -0.506 e. The van der Waals surface area contributed by atoms with Crippen LogP contribution in [0.15, 0.2) is 65.8 Å². The number of hydrogen-bond donors (Lipinski definition) is 3. The van der Waals surface area contributed by atoms with Crippen molar-refractivity contribution in [3.63, 3.8) is 0 Å². The quantitative estimate of drug-likeness (QED) is 0.584. The van der Waals surface area contributed by atoms with E-state index in [9.17, 15) is 17.4 Å². The first-order chi connectivity index (χ1) is 9.86. The van der Waals surface area contributed by atoms with Crippen LogP contribution in [0.2, 0.25) is 0 Å². The average Bonchev–Trinajstić information content (AvgIpc) is 2.41. The summed E-state index contributed by atoms with van der Waals surface area (Å²) in [6.45, 7) is 3.70. The van der Waals surface area contributed by atoms with Gasteiger partial charge in [0.05, 0.1) is 5.69 Å². The zero-order chi connectivity index (χ0) is 15.5. The van der Waals surface area contributed by atoms with Crippen molar-refractivity contribution in [2.75, 3.05) is 10.6 Å². The fourth-order valence-corrected chi connectivity index (χ4v) is 2.18. The highest BCUT2D eigenvalue weighted by Crippen LogP contribution is 2.24. The van der Waals surface area contributed by atoms with E-state index in [0.717, 1.165) is 12.1 Å². The van der Waals surface area contributed by atoms with Crippen molar-refractivity contribution < 1.29 is 17.4 Å². The number of phenols is 1. The second kappa shape index (κ2) is 5.84. The molecule has 7 heteroatoms. The highest BCUT2D eigenvalue weighted by Gasteiger charge is 2.12. The standard InChI is InChI=1S/C14H13FN2O3S/c1-10(17-13-7-2-3-8-14(13)18)16-11-5-4-6-12(9-11)21(15,19)20/h2-9,16-18H,1H2. The lowest BCUT2D eigenvalue weighted by Crippen LogP contribution is -2.08. The Kier molecular flexibility index (Phi) is 4.13. The molecule has 110 valence electrons. The molecule has 0 atom stereocenters. The Hall–Kier alpha value is -2.54. The molecular formula is C14H13FN2O3S. The first-order valence-corrected chi connectivity index (χ1v) is 7.30. The lowest BCUT2D eigenvalue weighted by Gasteiger charge is -2.13. The number of halogens is 1. The van der Waals surface area contributed by atoms with E-state index in [2.05, 4.69) is 17.2 Å². The minimum atomic E-state index is -4.76. The second-order valence-electron chi connectivity index (χ2n) is 4.21. The Balaban J connectivity index is 2.12. The van der Waals surface area contributed by atoms with Gasteiger partial charge in [0.1, 0.15) is 16.5 Å². The number of rotatable bonds is 5. The van der Waals surface area contributed by atoms with Gasteiger partial charge in [0, 0.05) is 5.69 Å². The summed E-state index contributed by atoms with van der Waals surface area (Å²) < 4.78 is 34.6. The van der Waals surface area contributed by atoms with Crippen molar-refractivity contribution >= 4 is 21.6 Å². The van der Waals surface area contributed by atoms with Crippen LogP contribution in [0.3, 0.4) is 0 Å². The predicted molar refractivity (Wildman–Crippen MR) is 79.2 cm³/mol. The van der Waals surface area contributed by atoms with E-state index >= 15 is 0 Å². The van der Waals surface area contributed by atoms with Crippen LogP contribution in [0.4, 0.5) is 15.3 Å². The molecule has 2 aromatic rings. The SMILES string of the molecule is C=C(Nc1cccc(S(=O)(=O)F)c1)Nc1ccccc1O. The van der Waals surface area contributed by atoms with Crippen LogP contribution in [0.5, 0.6) is 5.75 Å². The molecule has 21 heavy (non-hydrogen) atoms. The van der Waals surface area contributed by atoms with Gasteiger partial charge in [-0.05, 0) is 30.3 Å². The summed E-state index contributed by atoms with van der Waals surface area (Å²) in [4.78, 5) is -0.442. The molecule has 0 saturated heterocycles. The highest BCUT2D eigenvalue weighted by molar-refractivity contribution is 7.86. The molecule has 0 radical (unpaired) electrons. The van der Waals surface area contributed by atoms with Gasteiger partial charge < -0.3 is 15.7 Å². The first-order valence-electron chi connectivity index (χ1n) is 5.92. The largest absolute Gasteiger partial charge is 0.506 e. The molecular weight excluding hydrogens is 295 g/mol. The Morgan fingerprint density at radius 3 is 2.48 bits per heavy atom. The van der Waals surface area contributed by atoms with Crippen LogP contribution < -0.4 is 10.6 Å². The third kappa shape index (κ3) is 3.96. The number of para-hydroxylation sites is 2. The molecule has 5 nitrogen and oxygen atoms in total. The van der Waals surface area contributed by atoms with E-state index in [1.165, 1.54) is 12.1 Å². The maximum absolute atomic E-state index is 12.9. The van der Waals surface area contributed by atoms with Crippen LogP contribution in [-0.2, 0) is 10.2 Å². The van der Waals surface area contributed by atoms with Crippen LogP contribution in [0.25, 0.3) is 0 Å². The molecule has 0 amide bonds. The topological polar surface area (TPSA) is 78.4 Å². The predicted octanol–water partition coefficient (Wildman–Crippen LogP) is 3.05. The van der Waals surface area contributed by atoms with Gasteiger partial charge in [0.15, 0.2) is 0 Å². The normalized spacial score (nSPS) is 10.9. The maximum atomic E-state index is 12.9. The van der Waals surface area contributed by atoms with Crippen LogP contribution in [0.1, 0.15) is 0 Å². The lowest BCUT2D eigenvalue weighted by atomic mass is 10.3. The number of anilines is 2. The van der Waals surface area contributed by atoms with Crippen molar-refractivity contribution in [3.05, 3.63) is 60.9 Å². The number of benzene rings is 2. The van der Waals surface area contributed by atoms with E-state index < -0.39 is 15.1 Å². The van der Waals surface area contributed by atoms with Gasteiger partial charge in [-0.1, -0.05) is 24.8 Å². The first kappa shape index (κ1) is 14.9. The fraction of sp³-hybridized carbons (Fsp3) is 0. The third-order valence-electron chi connectivity index (χ3n) is 2.60. The highest BCUT2D eigenvalue weighted by atomic mass is 32.3. The van der Waals surface area contributed by atoms with Gasteiger partial charge in [0.25, 0.3) is 0 Å². The minimum absolute atomic E-state index is 0.0422. The van der Waals surface area contributed by atoms with Crippen molar-refractivity contribution in [1.29, 1.82) is 0 Å². The molecule has 0 saturated carbocycles. The molecule has 0 fully saturated rings. The molecule has 0 aliphatic heterocycles. The molecule has 0 heterocycles. The summed E-state index contributed by atoms with van der Waals surface area (Å²) in [5, 5.41) is 15.2. The fourth-order valence-electron chi connectivity index (χ4n) is 1.67. The molecule has 0 spiro atoms. The van der Waals surface area contributed by atoms with Gasteiger partial charge >= 0.3 is 10.2 Å². The van der Waals surface area contributed by atoms with Gasteiger partial charge in [-0.15, -0.1) is 3.89 Å². The number of phenolic OH excluding ortho intramolecular Hbond substituents is 1. The van der Waals surface area contributed by atoms with Crippen molar-refractivity contribution in [2.24, 2.45) is 0 Å². The van der Waals surface area contributed by atoms with E-state index in [-0.39, 0.29) is 5.75 Å². The zero-order valence-electron chi connectivity index (χ0n) is 10.9. The summed E-state index contributed by atoms with van der Waals surface area (Å²) in [7, 11) is -4.76. The van der Waals surface area contributed by atoms with Crippen LogP contribution in [-0.4, -0.2) is 13.5 Å². The van der Waals surface area contributed by atoms with Crippen molar-refractivity contribution in [1.82, 2.24) is 0 Å². The van der Waals surface area contributed by atoms with Gasteiger partial charge in [0.2, 0.25) is 0 Å². The summed E-state index contributed by atoms with van der Waals surface area (Å²) >= 11 is 0. The Bertz CT molecular complexity index is 775. The molecule has 0 bridgehead atoms. The zero-order valence-corrected chi connectivity index (χ0v) is 11.7. The molecule has 2 rings (SSSR count). The van der Waals surface area contributed by atoms with Gasteiger partial charge in [-0.2, -0.15) is 8.42 Å². The lowest BCUT2D eigenvalue weighted by molar-refractivity contribution is 0.477. The van der Waals surface area contributed by atoms with E-state index in [1.807, 2.05) is 0 Å².